The number of piperazine rings is 1. The van der Waals surface area contributed by atoms with Crippen LogP contribution >= 0.6 is 12.4 Å². The van der Waals surface area contributed by atoms with E-state index in [-0.39, 0.29) is 12.4 Å². The van der Waals surface area contributed by atoms with Gasteiger partial charge in [-0.05, 0) is 19.8 Å². The Balaban J connectivity index is 0.000000845. The Labute approximate surface area is 85.3 Å². The number of carbonyl (C=O) groups excluding carboxylic acids is 1. The van der Waals surface area contributed by atoms with Gasteiger partial charge in [0, 0.05) is 31.6 Å². The van der Waals surface area contributed by atoms with Gasteiger partial charge in [-0.15, -0.1) is 12.4 Å². The molecule has 0 spiro atoms. The van der Waals surface area contributed by atoms with Crippen molar-refractivity contribution in [3.63, 3.8) is 0 Å². The lowest BCUT2D eigenvalue weighted by Gasteiger charge is -2.34. The van der Waals surface area contributed by atoms with Crippen LogP contribution < -0.4 is 5.32 Å². The smallest absolute Gasteiger partial charge is 0.226 e. The Morgan fingerprint density at radius 3 is 2.69 bits per heavy atom. The number of hydrogen-bond donors (Lipinski definition) is 1. The summed E-state index contributed by atoms with van der Waals surface area (Å²) >= 11 is 0. The molecule has 0 unspecified atom stereocenters. The monoisotopic (exact) mass is 204 g/mol. The first-order chi connectivity index (χ1) is 5.79. The van der Waals surface area contributed by atoms with Crippen LogP contribution in [0, 0.1) is 5.92 Å². The molecule has 1 aliphatic heterocycles. The second-order valence-corrected chi connectivity index (χ2v) is 3.86. The third-order valence-corrected chi connectivity index (χ3v) is 2.71. The molecule has 2 fully saturated rings. The van der Waals surface area contributed by atoms with Crippen LogP contribution in [-0.4, -0.2) is 36.5 Å². The van der Waals surface area contributed by atoms with Gasteiger partial charge in [-0.2, -0.15) is 0 Å². The van der Waals surface area contributed by atoms with Gasteiger partial charge in [-0.1, -0.05) is 0 Å². The van der Waals surface area contributed by atoms with Crippen molar-refractivity contribution in [1.29, 1.82) is 0 Å². The number of rotatable bonds is 1. The van der Waals surface area contributed by atoms with Crippen LogP contribution in [0.25, 0.3) is 0 Å². The average Bonchev–Trinajstić information content (AvgIpc) is 2.86. The molecule has 1 N–H and O–H groups in total. The van der Waals surface area contributed by atoms with Crippen molar-refractivity contribution in [3.05, 3.63) is 0 Å². The lowest BCUT2D eigenvalue weighted by atomic mass is 10.2. The molecular formula is C9H17ClN2O. The van der Waals surface area contributed by atoms with Gasteiger partial charge < -0.3 is 10.2 Å². The molecule has 2 aliphatic rings. The summed E-state index contributed by atoms with van der Waals surface area (Å²) < 4.78 is 0. The van der Waals surface area contributed by atoms with Gasteiger partial charge in [0.25, 0.3) is 0 Å². The van der Waals surface area contributed by atoms with Crippen molar-refractivity contribution in [1.82, 2.24) is 10.2 Å². The quantitative estimate of drug-likeness (QED) is 0.680. The molecule has 2 rings (SSSR count). The number of amides is 1. The molecule has 0 aromatic heterocycles. The highest BCUT2D eigenvalue weighted by Crippen LogP contribution is 2.31. The predicted octanol–water partition coefficient (Wildman–Crippen LogP) is 0.638. The third kappa shape index (κ3) is 2.35. The molecule has 1 saturated carbocycles. The van der Waals surface area contributed by atoms with E-state index in [4.69, 9.17) is 0 Å². The molecule has 0 radical (unpaired) electrons. The molecule has 1 saturated heterocycles. The molecule has 0 bridgehead atoms. The lowest BCUT2D eigenvalue weighted by Crippen LogP contribution is -2.52. The van der Waals surface area contributed by atoms with Crippen molar-refractivity contribution in [2.24, 2.45) is 5.92 Å². The number of hydrogen-bond acceptors (Lipinski definition) is 2. The molecule has 76 valence electrons. The SMILES string of the molecule is C[C@@H]1CNCCN1C(=O)C1CC1.Cl. The topological polar surface area (TPSA) is 32.3 Å². The maximum atomic E-state index is 11.7. The zero-order valence-electron chi connectivity index (χ0n) is 7.95. The van der Waals surface area contributed by atoms with Crippen LogP contribution in [-0.2, 0) is 4.79 Å². The highest BCUT2D eigenvalue weighted by molar-refractivity contribution is 5.85. The molecule has 4 heteroatoms. The van der Waals surface area contributed by atoms with Crippen LogP contribution in [0.1, 0.15) is 19.8 Å². The summed E-state index contributed by atoms with van der Waals surface area (Å²) in [6.07, 6.45) is 2.24. The molecule has 1 aliphatic carbocycles. The van der Waals surface area contributed by atoms with E-state index in [2.05, 4.69) is 12.2 Å². The first-order valence-corrected chi connectivity index (χ1v) is 4.80. The van der Waals surface area contributed by atoms with Crippen LogP contribution in [0.15, 0.2) is 0 Å². The molecule has 1 atom stereocenters. The third-order valence-electron chi connectivity index (χ3n) is 2.71. The molecule has 1 amide bonds. The van der Waals surface area contributed by atoms with Gasteiger partial charge in [-0.25, -0.2) is 0 Å². The van der Waals surface area contributed by atoms with Crippen LogP contribution in [0.4, 0.5) is 0 Å². The van der Waals surface area contributed by atoms with E-state index in [1.165, 1.54) is 0 Å². The summed E-state index contributed by atoms with van der Waals surface area (Å²) in [6.45, 7) is 4.93. The molecule has 0 aromatic carbocycles. The van der Waals surface area contributed by atoms with Gasteiger partial charge in [0.05, 0.1) is 0 Å². The number of halogens is 1. The lowest BCUT2D eigenvalue weighted by molar-refractivity contribution is -0.135. The zero-order chi connectivity index (χ0) is 8.55. The maximum absolute atomic E-state index is 11.7. The Morgan fingerprint density at radius 1 is 1.46 bits per heavy atom. The zero-order valence-corrected chi connectivity index (χ0v) is 8.77. The fraction of sp³-hybridized carbons (Fsp3) is 0.889. The van der Waals surface area contributed by atoms with E-state index >= 15 is 0 Å². The highest BCUT2D eigenvalue weighted by Gasteiger charge is 2.35. The van der Waals surface area contributed by atoms with Gasteiger partial charge >= 0.3 is 0 Å². The first-order valence-electron chi connectivity index (χ1n) is 4.80. The summed E-state index contributed by atoms with van der Waals surface area (Å²) in [6, 6.07) is 0.395. The van der Waals surface area contributed by atoms with Crippen LogP contribution in [0.2, 0.25) is 0 Å². The largest absolute Gasteiger partial charge is 0.337 e. The number of carbonyl (C=O) groups is 1. The summed E-state index contributed by atoms with van der Waals surface area (Å²) in [5.41, 5.74) is 0. The van der Waals surface area contributed by atoms with Crippen molar-refractivity contribution >= 4 is 18.3 Å². The Morgan fingerprint density at radius 2 is 2.15 bits per heavy atom. The number of nitrogens with zero attached hydrogens (tertiary/aromatic N) is 1. The van der Waals surface area contributed by atoms with E-state index in [1.54, 1.807) is 0 Å². The Bertz CT molecular complexity index is 194. The van der Waals surface area contributed by atoms with E-state index in [9.17, 15) is 4.79 Å². The van der Waals surface area contributed by atoms with E-state index in [0.717, 1.165) is 32.5 Å². The van der Waals surface area contributed by atoms with Gasteiger partial charge in [0.2, 0.25) is 5.91 Å². The fourth-order valence-electron chi connectivity index (χ4n) is 1.73. The molecule has 3 nitrogen and oxygen atoms in total. The Hall–Kier alpha value is -0.280. The van der Waals surface area contributed by atoms with Crippen molar-refractivity contribution < 1.29 is 4.79 Å². The van der Waals surface area contributed by atoms with Crippen molar-refractivity contribution in [3.8, 4) is 0 Å². The van der Waals surface area contributed by atoms with E-state index < -0.39 is 0 Å². The summed E-state index contributed by atoms with van der Waals surface area (Å²) in [4.78, 5) is 13.7. The van der Waals surface area contributed by atoms with Crippen molar-refractivity contribution in [2.45, 2.75) is 25.8 Å². The normalized spacial score (nSPS) is 28.1. The standard InChI is InChI=1S/C9H16N2O.ClH/c1-7-6-10-4-5-11(7)9(12)8-2-3-8;/h7-8,10H,2-6H2,1H3;1H/t7-;/m1./s1. The second kappa shape index (κ2) is 4.29. The minimum atomic E-state index is 0. The van der Waals surface area contributed by atoms with Crippen LogP contribution in [0.3, 0.4) is 0 Å². The van der Waals surface area contributed by atoms with Crippen molar-refractivity contribution in [2.75, 3.05) is 19.6 Å². The second-order valence-electron chi connectivity index (χ2n) is 3.86. The maximum Gasteiger partial charge on any atom is 0.226 e. The highest BCUT2D eigenvalue weighted by atomic mass is 35.5. The minimum absolute atomic E-state index is 0. The van der Waals surface area contributed by atoms with E-state index in [0.29, 0.717) is 17.9 Å². The van der Waals surface area contributed by atoms with Gasteiger partial charge in [0.1, 0.15) is 0 Å². The minimum Gasteiger partial charge on any atom is -0.337 e. The average molecular weight is 205 g/mol. The van der Waals surface area contributed by atoms with Gasteiger partial charge in [0.15, 0.2) is 0 Å². The summed E-state index contributed by atoms with van der Waals surface area (Å²) in [7, 11) is 0. The predicted molar refractivity (Wildman–Crippen MR) is 54.0 cm³/mol. The Kier molecular flexibility index (Phi) is 3.56. The van der Waals surface area contributed by atoms with E-state index in [1.807, 2.05) is 4.90 Å². The first kappa shape index (κ1) is 10.8. The molecule has 13 heavy (non-hydrogen) atoms. The number of nitrogens with one attached hydrogen (secondary N) is 1. The van der Waals surface area contributed by atoms with Crippen LogP contribution in [0.5, 0.6) is 0 Å². The van der Waals surface area contributed by atoms with Gasteiger partial charge in [-0.3, -0.25) is 4.79 Å². The molecule has 1 heterocycles. The summed E-state index contributed by atoms with van der Waals surface area (Å²) in [5, 5.41) is 3.28. The summed E-state index contributed by atoms with van der Waals surface area (Å²) in [5.74, 6) is 0.773. The molecular weight excluding hydrogens is 188 g/mol. The fourth-order valence-corrected chi connectivity index (χ4v) is 1.73. The molecule has 0 aromatic rings.